The van der Waals surface area contributed by atoms with E-state index in [1.54, 1.807) is 0 Å². The van der Waals surface area contributed by atoms with Gasteiger partial charge >= 0.3 is 0 Å². The maximum absolute atomic E-state index is 2.36. The Bertz CT molecular complexity index is 165. The van der Waals surface area contributed by atoms with Crippen LogP contribution >= 0.6 is 0 Å². The number of hydrogen-bond acceptors (Lipinski definition) is 0. The van der Waals surface area contributed by atoms with Gasteiger partial charge in [0.05, 0.1) is 54.4 Å². The average Bonchev–Trinajstić information content (AvgIpc) is 2.16. The fraction of sp³-hybridized carbons (Fsp3) is 1.00. The summed E-state index contributed by atoms with van der Waals surface area (Å²) in [6.07, 6.45) is 6.77. The van der Waals surface area contributed by atoms with Gasteiger partial charge in [-0.3, -0.25) is 0 Å². The summed E-state index contributed by atoms with van der Waals surface area (Å²) in [5.74, 6) is 0. The Kier molecular flexibility index (Phi) is 8.06. The summed E-state index contributed by atoms with van der Waals surface area (Å²) in [6.45, 7) is 9.88. The lowest BCUT2D eigenvalue weighted by atomic mass is 10.2. The summed E-state index contributed by atoms with van der Waals surface area (Å²) in [4.78, 5) is 0. The molecule has 17 heavy (non-hydrogen) atoms. The van der Waals surface area contributed by atoms with Crippen LogP contribution in [0.25, 0.3) is 0 Å². The summed E-state index contributed by atoms with van der Waals surface area (Å²) in [6, 6.07) is 0. The van der Waals surface area contributed by atoms with Crippen LogP contribution in [-0.4, -0.2) is 63.3 Å². The van der Waals surface area contributed by atoms with E-state index >= 15 is 0 Å². The molecule has 0 saturated carbocycles. The number of quaternary nitrogens is 2. The molecule has 0 aliphatic rings. The van der Waals surface area contributed by atoms with E-state index in [0.29, 0.717) is 0 Å². The number of hydrogen-bond donors (Lipinski definition) is 0. The molecule has 0 aliphatic heterocycles. The zero-order chi connectivity index (χ0) is 13.4. The topological polar surface area (TPSA) is 0 Å². The molecule has 0 amide bonds. The molecule has 0 aromatic rings. The van der Waals surface area contributed by atoms with Crippen LogP contribution in [0.1, 0.15) is 46.0 Å². The van der Waals surface area contributed by atoms with Crippen molar-refractivity contribution in [3.8, 4) is 0 Å². The van der Waals surface area contributed by atoms with Crippen LogP contribution in [0.2, 0.25) is 0 Å². The molecule has 0 rings (SSSR count). The highest BCUT2D eigenvalue weighted by Crippen LogP contribution is 2.08. The van der Waals surface area contributed by atoms with Gasteiger partial charge in [-0.25, -0.2) is 0 Å². The Morgan fingerprint density at radius 2 is 0.882 bits per heavy atom. The Morgan fingerprint density at radius 3 is 1.18 bits per heavy atom. The van der Waals surface area contributed by atoms with E-state index in [2.05, 4.69) is 42.0 Å². The van der Waals surface area contributed by atoms with Crippen molar-refractivity contribution in [1.29, 1.82) is 0 Å². The number of unbranched alkanes of at least 4 members (excludes halogenated alkanes) is 2. The Morgan fingerprint density at radius 1 is 0.529 bits per heavy atom. The second-order valence-corrected chi connectivity index (χ2v) is 6.83. The fourth-order valence-electron chi connectivity index (χ4n) is 2.69. The summed E-state index contributed by atoms with van der Waals surface area (Å²) in [5, 5.41) is 0. The minimum Gasteiger partial charge on any atom is -0.328 e. The van der Waals surface area contributed by atoms with Crippen molar-refractivity contribution >= 4 is 0 Å². The molecule has 0 saturated heterocycles. The van der Waals surface area contributed by atoms with E-state index in [0.717, 1.165) is 0 Å². The molecule has 0 unspecified atom stereocenters. The Hall–Kier alpha value is -0.0800. The van der Waals surface area contributed by atoms with Crippen molar-refractivity contribution in [3.05, 3.63) is 0 Å². The molecule has 0 aliphatic carbocycles. The molecule has 0 heterocycles. The third kappa shape index (κ3) is 9.61. The van der Waals surface area contributed by atoms with Crippen molar-refractivity contribution < 1.29 is 8.97 Å². The van der Waals surface area contributed by atoms with E-state index < -0.39 is 0 Å². The highest BCUT2D eigenvalue weighted by atomic mass is 15.3. The Balaban J connectivity index is 3.58. The van der Waals surface area contributed by atoms with Crippen molar-refractivity contribution in [1.82, 2.24) is 0 Å². The van der Waals surface area contributed by atoms with Gasteiger partial charge in [-0.2, -0.15) is 0 Å². The third-order valence-electron chi connectivity index (χ3n) is 3.68. The van der Waals surface area contributed by atoms with Gasteiger partial charge < -0.3 is 8.97 Å². The molecule has 2 heteroatoms. The second-order valence-electron chi connectivity index (χ2n) is 6.83. The van der Waals surface area contributed by atoms with Crippen molar-refractivity contribution in [2.24, 2.45) is 0 Å². The molecule has 0 aromatic heterocycles. The predicted molar refractivity (Wildman–Crippen MR) is 78.1 cm³/mol. The molecule has 104 valence electrons. The first kappa shape index (κ1) is 16.9. The predicted octanol–water partition coefficient (Wildman–Crippen LogP) is 3.13. The van der Waals surface area contributed by atoms with Gasteiger partial charge in [0, 0.05) is 0 Å². The highest BCUT2D eigenvalue weighted by Gasteiger charge is 2.15. The molecule has 2 nitrogen and oxygen atoms in total. The van der Waals surface area contributed by atoms with Gasteiger partial charge in [-0.1, -0.05) is 13.8 Å². The molecule has 0 atom stereocenters. The standard InChI is InChI=1S/C15H36N2/c1-7-12-16(3,4)14-10-9-11-15-17(5,6)13-8-2/h7-15H2,1-6H3/q+2. The van der Waals surface area contributed by atoms with Gasteiger partial charge in [-0.15, -0.1) is 0 Å². The first-order chi connectivity index (χ1) is 7.83. The molecular formula is C15H36N2+2. The maximum Gasteiger partial charge on any atom is 0.0782 e. The van der Waals surface area contributed by atoms with Crippen LogP contribution < -0.4 is 0 Å². The van der Waals surface area contributed by atoms with Crippen LogP contribution in [0.15, 0.2) is 0 Å². The molecular weight excluding hydrogens is 208 g/mol. The third-order valence-corrected chi connectivity index (χ3v) is 3.68. The summed E-state index contributed by atoms with van der Waals surface area (Å²) in [7, 11) is 9.45. The van der Waals surface area contributed by atoms with Gasteiger partial charge in [0.25, 0.3) is 0 Å². The lowest BCUT2D eigenvalue weighted by Gasteiger charge is -2.31. The zero-order valence-corrected chi connectivity index (χ0v) is 13.3. The lowest BCUT2D eigenvalue weighted by molar-refractivity contribution is -0.892. The van der Waals surface area contributed by atoms with Gasteiger partial charge in [0.1, 0.15) is 0 Å². The summed E-state index contributed by atoms with van der Waals surface area (Å²) >= 11 is 0. The van der Waals surface area contributed by atoms with Crippen LogP contribution in [0.4, 0.5) is 0 Å². The van der Waals surface area contributed by atoms with Crippen LogP contribution in [0, 0.1) is 0 Å². The largest absolute Gasteiger partial charge is 0.328 e. The highest BCUT2D eigenvalue weighted by molar-refractivity contribution is 4.43. The SMILES string of the molecule is CCC[N+](C)(C)CCCCC[N+](C)(C)CCC. The molecule has 0 bridgehead atoms. The van der Waals surface area contributed by atoms with Gasteiger partial charge in [-0.05, 0) is 32.1 Å². The van der Waals surface area contributed by atoms with Crippen LogP contribution in [-0.2, 0) is 0 Å². The second kappa shape index (κ2) is 8.10. The van der Waals surface area contributed by atoms with Crippen molar-refractivity contribution in [2.45, 2.75) is 46.0 Å². The van der Waals surface area contributed by atoms with Crippen LogP contribution in [0.3, 0.4) is 0 Å². The monoisotopic (exact) mass is 244 g/mol. The average molecular weight is 244 g/mol. The molecule has 0 fully saturated rings. The summed E-state index contributed by atoms with van der Waals surface area (Å²) in [5.41, 5.74) is 0. The van der Waals surface area contributed by atoms with E-state index in [1.807, 2.05) is 0 Å². The van der Waals surface area contributed by atoms with Crippen molar-refractivity contribution in [3.63, 3.8) is 0 Å². The van der Waals surface area contributed by atoms with Crippen molar-refractivity contribution in [2.75, 3.05) is 54.4 Å². The normalized spacial score (nSPS) is 13.1. The maximum atomic E-state index is 2.36. The first-order valence-corrected chi connectivity index (χ1v) is 7.47. The molecule has 0 radical (unpaired) electrons. The van der Waals surface area contributed by atoms with E-state index in [9.17, 15) is 0 Å². The van der Waals surface area contributed by atoms with Crippen LogP contribution in [0.5, 0.6) is 0 Å². The van der Waals surface area contributed by atoms with Gasteiger partial charge in [0.2, 0.25) is 0 Å². The summed E-state index contributed by atoms with van der Waals surface area (Å²) < 4.78 is 2.40. The van der Waals surface area contributed by atoms with E-state index in [-0.39, 0.29) is 0 Å². The fourth-order valence-corrected chi connectivity index (χ4v) is 2.69. The quantitative estimate of drug-likeness (QED) is 0.409. The minimum absolute atomic E-state index is 1.20. The van der Waals surface area contributed by atoms with Gasteiger partial charge in [0.15, 0.2) is 0 Å². The molecule has 0 spiro atoms. The van der Waals surface area contributed by atoms with E-state index in [1.165, 1.54) is 67.2 Å². The molecule has 0 N–H and O–H groups in total. The smallest absolute Gasteiger partial charge is 0.0782 e. The number of nitrogens with zero attached hydrogens (tertiary/aromatic N) is 2. The Labute approximate surface area is 110 Å². The first-order valence-electron chi connectivity index (χ1n) is 7.47. The lowest BCUT2D eigenvalue weighted by Crippen LogP contribution is -2.42. The number of rotatable bonds is 10. The minimum atomic E-state index is 1.20. The molecule has 0 aromatic carbocycles. The zero-order valence-electron chi connectivity index (χ0n) is 13.3. The van der Waals surface area contributed by atoms with E-state index in [4.69, 9.17) is 0 Å².